The van der Waals surface area contributed by atoms with Gasteiger partial charge in [-0.05, 0) is 37.5 Å². The van der Waals surface area contributed by atoms with Gasteiger partial charge < -0.3 is 9.47 Å². The van der Waals surface area contributed by atoms with Gasteiger partial charge in [-0.3, -0.25) is 0 Å². The summed E-state index contributed by atoms with van der Waals surface area (Å²) >= 11 is 0. The summed E-state index contributed by atoms with van der Waals surface area (Å²) in [6.07, 6.45) is 0.894. The predicted octanol–water partition coefficient (Wildman–Crippen LogP) is 3.12. The summed E-state index contributed by atoms with van der Waals surface area (Å²) in [5.41, 5.74) is 3.19. The lowest BCUT2D eigenvalue weighted by molar-refractivity contribution is 0.389. The Morgan fingerprint density at radius 1 is 1.28 bits per heavy atom. The second kappa shape index (κ2) is 4.20. The Balaban J connectivity index is 2.61. The van der Waals surface area contributed by atoms with E-state index < -0.39 is 0 Å². The fourth-order valence-electron chi connectivity index (χ4n) is 2.61. The Labute approximate surface area is 108 Å². The quantitative estimate of drug-likeness (QED) is 0.821. The van der Waals surface area contributed by atoms with Crippen LogP contribution in [0.2, 0.25) is 0 Å². The summed E-state index contributed by atoms with van der Waals surface area (Å²) in [6, 6.07) is 4.38. The minimum Gasteiger partial charge on any atom is -0.496 e. The van der Waals surface area contributed by atoms with Crippen molar-refractivity contribution in [3.05, 3.63) is 22.8 Å². The Hall–Kier alpha value is -1.69. The van der Waals surface area contributed by atoms with Crippen molar-refractivity contribution in [2.75, 3.05) is 14.2 Å². The lowest BCUT2D eigenvalue weighted by Gasteiger charge is -2.20. The van der Waals surface area contributed by atoms with Crippen molar-refractivity contribution in [2.24, 2.45) is 5.92 Å². The van der Waals surface area contributed by atoms with Gasteiger partial charge in [-0.15, -0.1) is 0 Å². The van der Waals surface area contributed by atoms with Gasteiger partial charge in [0.1, 0.15) is 11.5 Å². The molecular formula is C15H19NO2. The number of hydrogen-bond acceptors (Lipinski definition) is 3. The molecule has 2 rings (SSSR count). The molecule has 96 valence electrons. The Morgan fingerprint density at radius 3 is 2.39 bits per heavy atom. The summed E-state index contributed by atoms with van der Waals surface area (Å²) in [7, 11) is 3.36. The van der Waals surface area contributed by atoms with Crippen LogP contribution in [-0.4, -0.2) is 14.2 Å². The van der Waals surface area contributed by atoms with Crippen LogP contribution in [0.3, 0.4) is 0 Å². The van der Waals surface area contributed by atoms with Crippen molar-refractivity contribution < 1.29 is 9.47 Å². The van der Waals surface area contributed by atoms with E-state index in [4.69, 9.17) is 14.7 Å². The zero-order valence-corrected chi connectivity index (χ0v) is 11.6. The monoisotopic (exact) mass is 245 g/mol. The highest BCUT2D eigenvalue weighted by molar-refractivity contribution is 5.57. The smallest absolute Gasteiger partial charge is 0.126 e. The van der Waals surface area contributed by atoms with Crippen LogP contribution in [0.15, 0.2) is 6.07 Å². The van der Waals surface area contributed by atoms with E-state index in [9.17, 15) is 0 Å². The van der Waals surface area contributed by atoms with E-state index in [0.29, 0.717) is 0 Å². The highest BCUT2D eigenvalue weighted by Crippen LogP contribution is 2.57. The third kappa shape index (κ3) is 1.64. The molecule has 0 heterocycles. The molecule has 1 saturated carbocycles. The largest absolute Gasteiger partial charge is 0.496 e. The van der Waals surface area contributed by atoms with Crippen LogP contribution in [0.25, 0.3) is 0 Å². The molecule has 0 aliphatic heterocycles. The van der Waals surface area contributed by atoms with Gasteiger partial charge in [-0.25, -0.2) is 0 Å². The fraction of sp³-hybridized carbons (Fsp3) is 0.533. The Kier molecular flexibility index (Phi) is 2.98. The van der Waals surface area contributed by atoms with Crippen molar-refractivity contribution in [3.63, 3.8) is 0 Å². The van der Waals surface area contributed by atoms with Crippen molar-refractivity contribution in [1.29, 1.82) is 5.26 Å². The average Bonchev–Trinajstić information content (AvgIpc) is 3.04. The third-order valence-electron chi connectivity index (χ3n) is 4.23. The predicted molar refractivity (Wildman–Crippen MR) is 70.1 cm³/mol. The lowest BCUT2D eigenvalue weighted by Crippen LogP contribution is -2.09. The molecule has 1 aliphatic rings. The molecule has 2 atom stereocenters. The molecule has 1 aliphatic carbocycles. The summed E-state index contributed by atoms with van der Waals surface area (Å²) < 4.78 is 11.0. The van der Waals surface area contributed by atoms with Crippen LogP contribution in [0.1, 0.15) is 30.0 Å². The Morgan fingerprint density at radius 2 is 1.94 bits per heavy atom. The van der Waals surface area contributed by atoms with Gasteiger partial charge in [-0.2, -0.15) is 5.26 Å². The van der Waals surface area contributed by atoms with Gasteiger partial charge in [-0.1, -0.05) is 6.92 Å². The van der Waals surface area contributed by atoms with Crippen molar-refractivity contribution in [1.82, 2.24) is 0 Å². The van der Waals surface area contributed by atoms with Gasteiger partial charge in [0.15, 0.2) is 0 Å². The highest BCUT2D eigenvalue weighted by atomic mass is 16.5. The first-order chi connectivity index (χ1) is 8.49. The van der Waals surface area contributed by atoms with E-state index in [-0.39, 0.29) is 11.3 Å². The number of benzene rings is 1. The molecular weight excluding hydrogens is 226 g/mol. The average molecular weight is 245 g/mol. The standard InChI is InChI=1S/C15H19NO2/c1-9-10(2)14(18-5)12(6-13(9)17-4)15(3)7-11(15)8-16/h6,11H,7H2,1-5H3. The second-order valence-electron chi connectivity index (χ2n) is 5.21. The van der Waals surface area contributed by atoms with Gasteiger partial charge in [0.05, 0.1) is 26.2 Å². The minimum absolute atomic E-state index is 0.0817. The van der Waals surface area contributed by atoms with Crippen molar-refractivity contribution >= 4 is 0 Å². The Bertz CT molecular complexity index is 530. The molecule has 1 aromatic carbocycles. The molecule has 2 unspecified atom stereocenters. The SMILES string of the molecule is COc1cc(C2(C)CC2C#N)c(OC)c(C)c1C. The third-order valence-corrected chi connectivity index (χ3v) is 4.23. The number of methoxy groups -OCH3 is 2. The molecule has 0 aromatic heterocycles. The van der Waals surface area contributed by atoms with Gasteiger partial charge in [0, 0.05) is 11.0 Å². The van der Waals surface area contributed by atoms with Gasteiger partial charge >= 0.3 is 0 Å². The number of ether oxygens (including phenoxy) is 2. The van der Waals surface area contributed by atoms with Crippen LogP contribution in [0, 0.1) is 31.1 Å². The van der Waals surface area contributed by atoms with E-state index >= 15 is 0 Å². The normalized spacial score (nSPS) is 25.4. The molecule has 18 heavy (non-hydrogen) atoms. The topological polar surface area (TPSA) is 42.2 Å². The summed E-state index contributed by atoms with van der Waals surface area (Å²) in [5, 5.41) is 9.09. The molecule has 1 fully saturated rings. The first kappa shape index (κ1) is 12.8. The van der Waals surface area contributed by atoms with E-state index in [0.717, 1.165) is 34.6 Å². The number of rotatable bonds is 3. The van der Waals surface area contributed by atoms with Gasteiger partial charge in [0.25, 0.3) is 0 Å². The first-order valence-electron chi connectivity index (χ1n) is 6.11. The molecule has 0 N–H and O–H groups in total. The molecule has 0 saturated heterocycles. The highest BCUT2D eigenvalue weighted by Gasteiger charge is 2.53. The fourth-order valence-corrected chi connectivity index (χ4v) is 2.61. The van der Waals surface area contributed by atoms with Crippen LogP contribution in [0.5, 0.6) is 11.5 Å². The molecule has 0 bridgehead atoms. The molecule has 3 heteroatoms. The molecule has 1 aromatic rings. The summed E-state index contributed by atoms with van der Waals surface area (Å²) in [6.45, 7) is 6.18. The van der Waals surface area contributed by atoms with Crippen LogP contribution < -0.4 is 9.47 Å². The second-order valence-corrected chi connectivity index (χ2v) is 5.21. The molecule has 3 nitrogen and oxygen atoms in total. The van der Waals surface area contributed by atoms with E-state index in [1.54, 1.807) is 14.2 Å². The van der Waals surface area contributed by atoms with E-state index in [1.165, 1.54) is 0 Å². The maximum Gasteiger partial charge on any atom is 0.126 e. The number of nitrogens with zero attached hydrogens (tertiary/aromatic N) is 1. The van der Waals surface area contributed by atoms with E-state index in [1.807, 2.05) is 19.9 Å². The lowest BCUT2D eigenvalue weighted by atomic mass is 9.90. The molecule has 0 spiro atoms. The van der Waals surface area contributed by atoms with Crippen molar-refractivity contribution in [3.8, 4) is 17.6 Å². The van der Waals surface area contributed by atoms with Crippen LogP contribution in [-0.2, 0) is 5.41 Å². The van der Waals surface area contributed by atoms with Crippen LogP contribution >= 0.6 is 0 Å². The zero-order valence-electron chi connectivity index (χ0n) is 11.6. The molecule has 0 radical (unpaired) electrons. The summed E-state index contributed by atoms with van der Waals surface area (Å²) in [5.74, 6) is 1.85. The number of hydrogen-bond donors (Lipinski definition) is 0. The number of nitriles is 1. The van der Waals surface area contributed by atoms with E-state index in [2.05, 4.69) is 13.0 Å². The maximum atomic E-state index is 9.09. The summed E-state index contributed by atoms with van der Waals surface area (Å²) in [4.78, 5) is 0. The van der Waals surface area contributed by atoms with Crippen molar-refractivity contribution in [2.45, 2.75) is 32.6 Å². The van der Waals surface area contributed by atoms with Crippen LogP contribution in [0.4, 0.5) is 0 Å². The molecule has 0 amide bonds. The maximum absolute atomic E-state index is 9.09. The zero-order chi connectivity index (χ0) is 13.5. The first-order valence-corrected chi connectivity index (χ1v) is 6.11. The minimum atomic E-state index is -0.0914. The van der Waals surface area contributed by atoms with Gasteiger partial charge in [0.2, 0.25) is 0 Å².